The number of benzene rings is 1. The van der Waals surface area contributed by atoms with Crippen molar-refractivity contribution in [2.45, 2.75) is 0 Å². The molecular formula is C12H15ClF2N2. The lowest BCUT2D eigenvalue weighted by Gasteiger charge is -2.35. The van der Waals surface area contributed by atoms with Crippen LogP contribution in [0.15, 0.2) is 18.2 Å². The highest BCUT2D eigenvalue weighted by Crippen LogP contribution is 2.21. The zero-order valence-corrected chi connectivity index (χ0v) is 10.3. The van der Waals surface area contributed by atoms with E-state index in [1.165, 1.54) is 12.1 Å². The Balaban J connectivity index is 2.02. The van der Waals surface area contributed by atoms with E-state index in [1.54, 1.807) is 0 Å². The highest BCUT2D eigenvalue weighted by molar-refractivity contribution is 6.18. The standard InChI is InChI=1S/C12H15ClF2N2/c13-3-4-16-5-7-17(8-6-16)12-9-10(14)1-2-11(12)15/h1-2,9H,3-8H2. The fraction of sp³-hybridized carbons (Fsp3) is 0.500. The van der Waals surface area contributed by atoms with Crippen LogP contribution in [0.1, 0.15) is 0 Å². The average Bonchev–Trinajstić information content (AvgIpc) is 2.34. The second kappa shape index (κ2) is 5.65. The van der Waals surface area contributed by atoms with Crippen molar-refractivity contribution in [1.82, 2.24) is 4.90 Å². The Labute approximate surface area is 105 Å². The molecule has 1 saturated heterocycles. The fourth-order valence-electron chi connectivity index (χ4n) is 2.06. The molecule has 1 aliphatic heterocycles. The molecule has 17 heavy (non-hydrogen) atoms. The van der Waals surface area contributed by atoms with E-state index in [0.717, 1.165) is 25.7 Å². The number of halogens is 3. The minimum absolute atomic E-state index is 0.357. The van der Waals surface area contributed by atoms with E-state index >= 15 is 0 Å². The maximum atomic E-state index is 13.6. The molecule has 0 aliphatic carbocycles. The van der Waals surface area contributed by atoms with Crippen molar-refractivity contribution in [2.24, 2.45) is 0 Å². The van der Waals surface area contributed by atoms with E-state index < -0.39 is 5.82 Å². The molecule has 0 radical (unpaired) electrons. The minimum Gasteiger partial charge on any atom is -0.367 e. The number of nitrogens with zero attached hydrogens (tertiary/aromatic N) is 2. The Morgan fingerprint density at radius 3 is 2.47 bits per heavy atom. The summed E-state index contributed by atoms with van der Waals surface area (Å²) in [6.45, 7) is 3.93. The van der Waals surface area contributed by atoms with E-state index in [2.05, 4.69) is 4.90 Å². The van der Waals surface area contributed by atoms with Crippen LogP contribution in [0.3, 0.4) is 0 Å². The van der Waals surface area contributed by atoms with Crippen molar-refractivity contribution in [3.63, 3.8) is 0 Å². The van der Waals surface area contributed by atoms with Gasteiger partial charge in [-0.15, -0.1) is 11.6 Å². The van der Waals surface area contributed by atoms with Gasteiger partial charge in [0.25, 0.3) is 0 Å². The molecule has 1 fully saturated rings. The average molecular weight is 261 g/mol. The zero-order valence-electron chi connectivity index (χ0n) is 9.50. The van der Waals surface area contributed by atoms with Gasteiger partial charge >= 0.3 is 0 Å². The minimum atomic E-state index is -0.399. The lowest BCUT2D eigenvalue weighted by Crippen LogP contribution is -2.47. The first kappa shape index (κ1) is 12.6. The summed E-state index contributed by atoms with van der Waals surface area (Å²) in [5.74, 6) is -0.157. The molecule has 2 nitrogen and oxygen atoms in total. The van der Waals surface area contributed by atoms with Gasteiger partial charge in [-0.1, -0.05) is 0 Å². The summed E-state index contributed by atoms with van der Waals surface area (Å²) >= 11 is 5.67. The number of hydrogen-bond donors (Lipinski definition) is 0. The molecule has 94 valence electrons. The third kappa shape index (κ3) is 3.07. The van der Waals surface area contributed by atoms with Gasteiger partial charge < -0.3 is 4.90 Å². The second-order valence-corrected chi connectivity index (χ2v) is 4.49. The molecule has 5 heteroatoms. The van der Waals surface area contributed by atoms with Crippen molar-refractivity contribution >= 4 is 17.3 Å². The van der Waals surface area contributed by atoms with Gasteiger partial charge in [-0.2, -0.15) is 0 Å². The van der Waals surface area contributed by atoms with Crippen LogP contribution in [0.2, 0.25) is 0 Å². The summed E-state index contributed by atoms with van der Waals surface area (Å²) < 4.78 is 26.6. The molecule has 1 aromatic rings. The molecular weight excluding hydrogens is 246 g/mol. The predicted molar refractivity (Wildman–Crippen MR) is 65.7 cm³/mol. The van der Waals surface area contributed by atoms with E-state index in [0.29, 0.717) is 24.7 Å². The van der Waals surface area contributed by atoms with Gasteiger partial charge in [0.1, 0.15) is 11.6 Å². The highest BCUT2D eigenvalue weighted by Gasteiger charge is 2.19. The van der Waals surface area contributed by atoms with Crippen molar-refractivity contribution in [3.8, 4) is 0 Å². The molecule has 0 bridgehead atoms. The van der Waals surface area contributed by atoms with Crippen molar-refractivity contribution in [1.29, 1.82) is 0 Å². The molecule has 1 heterocycles. The van der Waals surface area contributed by atoms with Crippen molar-refractivity contribution in [3.05, 3.63) is 29.8 Å². The number of alkyl halides is 1. The van der Waals surface area contributed by atoms with E-state index in [-0.39, 0.29) is 5.82 Å². The SMILES string of the molecule is Fc1ccc(F)c(N2CCN(CCCl)CC2)c1. The Morgan fingerprint density at radius 1 is 1.12 bits per heavy atom. The van der Waals surface area contributed by atoms with Gasteiger partial charge in [0.05, 0.1) is 5.69 Å². The Kier molecular flexibility index (Phi) is 4.18. The van der Waals surface area contributed by atoms with Crippen molar-refractivity contribution < 1.29 is 8.78 Å². The molecule has 0 saturated carbocycles. The van der Waals surface area contributed by atoms with E-state index in [1.807, 2.05) is 4.90 Å². The summed E-state index contributed by atoms with van der Waals surface area (Å²) in [5.41, 5.74) is 0.357. The summed E-state index contributed by atoms with van der Waals surface area (Å²) in [4.78, 5) is 4.10. The summed E-state index contributed by atoms with van der Waals surface area (Å²) in [6, 6.07) is 3.57. The number of anilines is 1. The lowest BCUT2D eigenvalue weighted by atomic mass is 10.2. The van der Waals surface area contributed by atoms with Gasteiger partial charge in [0, 0.05) is 44.7 Å². The highest BCUT2D eigenvalue weighted by atomic mass is 35.5. The molecule has 1 aliphatic rings. The van der Waals surface area contributed by atoms with E-state index in [9.17, 15) is 8.78 Å². The van der Waals surface area contributed by atoms with Crippen LogP contribution in [0.25, 0.3) is 0 Å². The number of hydrogen-bond acceptors (Lipinski definition) is 2. The van der Waals surface area contributed by atoms with Crippen molar-refractivity contribution in [2.75, 3.05) is 43.5 Å². The lowest BCUT2D eigenvalue weighted by molar-refractivity contribution is 0.272. The first-order valence-electron chi connectivity index (χ1n) is 5.69. The molecule has 0 amide bonds. The van der Waals surface area contributed by atoms with Gasteiger partial charge in [-0.05, 0) is 12.1 Å². The van der Waals surface area contributed by atoms with Gasteiger partial charge in [0.2, 0.25) is 0 Å². The zero-order chi connectivity index (χ0) is 12.3. The fourth-order valence-corrected chi connectivity index (χ4v) is 2.30. The Morgan fingerprint density at radius 2 is 1.82 bits per heavy atom. The molecule has 1 aromatic carbocycles. The third-order valence-electron chi connectivity index (χ3n) is 3.02. The predicted octanol–water partition coefficient (Wildman–Crippen LogP) is 2.33. The van der Waals surface area contributed by atoms with Gasteiger partial charge in [-0.3, -0.25) is 4.90 Å². The molecule has 0 atom stereocenters. The second-order valence-electron chi connectivity index (χ2n) is 4.11. The third-order valence-corrected chi connectivity index (χ3v) is 3.19. The Bertz CT molecular complexity index is 379. The maximum Gasteiger partial charge on any atom is 0.146 e. The summed E-state index contributed by atoms with van der Waals surface area (Å²) in [5, 5.41) is 0. The Hall–Kier alpha value is -0.870. The topological polar surface area (TPSA) is 6.48 Å². The normalized spacial score (nSPS) is 17.5. The van der Waals surface area contributed by atoms with Gasteiger partial charge in [0.15, 0.2) is 0 Å². The maximum absolute atomic E-state index is 13.6. The first-order valence-corrected chi connectivity index (χ1v) is 6.22. The van der Waals surface area contributed by atoms with Crippen LogP contribution in [0.4, 0.5) is 14.5 Å². The van der Waals surface area contributed by atoms with Crippen LogP contribution in [-0.2, 0) is 0 Å². The van der Waals surface area contributed by atoms with E-state index in [4.69, 9.17) is 11.6 Å². The quantitative estimate of drug-likeness (QED) is 0.770. The summed E-state index contributed by atoms with van der Waals surface area (Å²) in [7, 11) is 0. The number of rotatable bonds is 3. The van der Waals surface area contributed by atoms with Crippen LogP contribution < -0.4 is 4.90 Å². The molecule has 0 N–H and O–H groups in total. The van der Waals surface area contributed by atoms with Crippen LogP contribution in [-0.4, -0.2) is 43.5 Å². The smallest absolute Gasteiger partial charge is 0.146 e. The molecule has 0 spiro atoms. The summed E-state index contributed by atoms with van der Waals surface area (Å²) in [6.07, 6.45) is 0. The van der Waals surface area contributed by atoms with Crippen LogP contribution in [0.5, 0.6) is 0 Å². The number of piperazine rings is 1. The largest absolute Gasteiger partial charge is 0.367 e. The molecule has 2 rings (SSSR count). The van der Waals surface area contributed by atoms with Crippen LogP contribution >= 0.6 is 11.6 Å². The molecule has 0 unspecified atom stereocenters. The monoisotopic (exact) mass is 260 g/mol. The first-order chi connectivity index (χ1) is 8.20. The van der Waals surface area contributed by atoms with Gasteiger partial charge in [-0.25, -0.2) is 8.78 Å². The molecule has 0 aromatic heterocycles. The van der Waals surface area contributed by atoms with Crippen LogP contribution in [0, 0.1) is 11.6 Å².